The largest absolute Gasteiger partial charge is 0.307 e. The third-order valence-corrected chi connectivity index (χ3v) is 5.53. The lowest BCUT2D eigenvalue weighted by Gasteiger charge is -2.36. The standard InChI is InChI=1S/C16H21Cl2FN2/c1-10(15-13(17)4-5-14(19)16(15)18)20-11-6-8-21-7-2-3-12(21)9-11/h4-5,10-12,20H,2-3,6-9H2,1H3. The van der Waals surface area contributed by atoms with Crippen LogP contribution >= 0.6 is 23.2 Å². The van der Waals surface area contributed by atoms with Crippen molar-refractivity contribution in [2.45, 2.75) is 50.7 Å². The topological polar surface area (TPSA) is 15.3 Å². The van der Waals surface area contributed by atoms with Gasteiger partial charge in [0, 0.05) is 28.7 Å². The van der Waals surface area contributed by atoms with Crippen LogP contribution in [0.5, 0.6) is 0 Å². The van der Waals surface area contributed by atoms with Gasteiger partial charge in [-0.15, -0.1) is 0 Å². The van der Waals surface area contributed by atoms with Crippen molar-refractivity contribution in [1.82, 2.24) is 10.2 Å². The van der Waals surface area contributed by atoms with E-state index >= 15 is 0 Å². The van der Waals surface area contributed by atoms with Crippen molar-refractivity contribution in [3.8, 4) is 0 Å². The van der Waals surface area contributed by atoms with Gasteiger partial charge in [0.2, 0.25) is 0 Å². The first-order valence-corrected chi connectivity index (χ1v) is 8.45. The van der Waals surface area contributed by atoms with E-state index in [0.29, 0.717) is 22.7 Å². The van der Waals surface area contributed by atoms with Gasteiger partial charge in [-0.2, -0.15) is 0 Å². The van der Waals surface area contributed by atoms with E-state index < -0.39 is 5.82 Å². The number of nitrogens with one attached hydrogen (secondary N) is 1. The van der Waals surface area contributed by atoms with Crippen LogP contribution < -0.4 is 5.32 Å². The van der Waals surface area contributed by atoms with Crippen molar-refractivity contribution in [3.63, 3.8) is 0 Å². The van der Waals surface area contributed by atoms with Gasteiger partial charge in [-0.25, -0.2) is 4.39 Å². The molecule has 1 aromatic rings. The molecule has 1 aromatic carbocycles. The second kappa shape index (κ2) is 6.41. The zero-order chi connectivity index (χ0) is 15.0. The van der Waals surface area contributed by atoms with E-state index in [2.05, 4.69) is 10.2 Å². The number of piperidine rings is 1. The lowest BCUT2D eigenvalue weighted by Crippen LogP contribution is -2.46. The van der Waals surface area contributed by atoms with Crippen LogP contribution in [-0.4, -0.2) is 30.1 Å². The Bertz CT molecular complexity index is 523. The molecule has 0 saturated carbocycles. The molecule has 116 valence electrons. The predicted molar refractivity (Wildman–Crippen MR) is 85.6 cm³/mol. The third-order valence-electron chi connectivity index (χ3n) is 4.82. The monoisotopic (exact) mass is 330 g/mol. The van der Waals surface area contributed by atoms with Crippen LogP contribution in [0.25, 0.3) is 0 Å². The van der Waals surface area contributed by atoms with Gasteiger partial charge in [-0.1, -0.05) is 23.2 Å². The van der Waals surface area contributed by atoms with E-state index in [9.17, 15) is 4.39 Å². The molecule has 2 heterocycles. The number of benzene rings is 1. The van der Waals surface area contributed by atoms with Gasteiger partial charge in [0.05, 0.1) is 5.02 Å². The summed E-state index contributed by atoms with van der Waals surface area (Å²) in [6.45, 7) is 4.40. The van der Waals surface area contributed by atoms with Gasteiger partial charge in [0.25, 0.3) is 0 Å². The molecule has 0 radical (unpaired) electrons. The highest BCUT2D eigenvalue weighted by atomic mass is 35.5. The molecule has 2 aliphatic rings. The quantitative estimate of drug-likeness (QED) is 0.826. The lowest BCUT2D eigenvalue weighted by molar-refractivity contribution is 0.162. The Hall–Kier alpha value is -0.350. The highest BCUT2D eigenvalue weighted by molar-refractivity contribution is 6.36. The normalized spacial score (nSPS) is 27.6. The fourth-order valence-electron chi connectivity index (χ4n) is 3.75. The van der Waals surface area contributed by atoms with Crippen molar-refractivity contribution in [3.05, 3.63) is 33.6 Å². The molecule has 3 rings (SSSR count). The Labute approximate surface area is 135 Å². The van der Waals surface area contributed by atoms with E-state index in [4.69, 9.17) is 23.2 Å². The molecular formula is C16H21Cl2FN2. The van der Waals surface area contributed by atoms with E-state index in [0.717, 1.165) is 19.4 Å². The van der Waals surface area contributed by atoms with Gasteiger partial charge in [0.15, 0.2) is 0 Å². The van der Waals surface area contributed by atoms with Crippen molar-refractivity contribution in [1.29, 1.82) is 0 Å². The summed E-state index contributed by atoms with van der Waals surface area (Å²) in [5.41, 5.74) is 0.673. The number of fused-ring (bicyclic) bond motifs is 1. The van der Waals surface area contributed by atoms with Crippen molar-refractivity contribution in [2.24, 2.45) is 0 Å². The second-order valence-corrected chi connectivity index (χ2v) is 6.98. The minimum absolute atomic E-state index is 0.0429. The summed E-state index contributed by atoms with van der Waals surface area (Å²) in [5, 5.41) is 4.26. The second-order valence-electron chi connectivity index (χ2n) is 6.20. The van der Waals surface area contributed by atoms with Crippen LogP contribution in [0.15, 0.2) is 12.1 Å². The Kier molecular flexibility index (Phi) is 4.75. The maximum atomic E-state index is 13.6. The maximum absolute atomic E-state index is 13.6. The van der Waals surface area contributed by atoms with Gasteiger partial charge in [-0.05, 0) is 57.8 Å². The first kappa shape index (κ1) is 15.5. The lowest BCUT2D eigenvalue weighted by atomic mass is 9.96. The van der Waals surface area contributed by atoms with Crippen molar-refractivity contribution in [2.75, 3.05) is 13.1 Å². The summed E-state index contributed by atoms with van der Waals surface area (Å²) < 4.78 is 13.6. The van der Waals surface area contributed by atoms with Crippen molar-refractivity contribution < 1.29 is 4.39 Å². The molecule has 3 atom stereocenters. The number of hydrogen-bond acceptors (Lipinski definition) is 2. The Morgan fingerprint density at radius 2 is 2.10 bits per heavy atom. The van der Waals surface area contributed by atoms with Gasteiger partial charge in [-0.3, -0.25) is 0 Å². The van der Waals surface area contributed by atoms with E-state index in [1.807, 2.05) is 6.92 Å². The minimum atomic E-state index is -0.407. The molecule has 21 heavy (non-hydrogen) atoms. The average Bonchev–Trinajstić information content (AvgIpc) is 2.91. The number of halogens is 3. The summed E-state index contributed by atoms with van der Waals surface area (Å²) in [6, 6.07) is 4.02. The molecular weight excluding hydrogens is 310 g/mol. The number of nitrogens with zero attached hydrogens (tertiary/aromatic N) is 1. The average molecular weight is 331 g/mol. The molecule has 2 aliphatic heterocycles. The first-order chi connectivity index (χ1) is 10.1. The van der Waals surface area contributed by atoms with E-state index in [1.54, 1.807) is 6.07 Å². The molecule has 0 aromatic heterocycles. The Morgan fingerprint density at radius 1 is 1.29 bits per heavy atom. The molecule has 0 amide bonds. The predicted octanol–water partition coefficient (Wildman–Crippen LogP) is 4.41. The van der Waals surface area contributed by atoms with Crippen LogP contribution in [0.1, 0.15) is 44.2 Å². The van der Waals surface area contributed by atoms with Crippen LogP contribution in [0, 0.1) is 5.82 Å². The molecule has 2 fully saturated rings. The Balaban J connectivity index is 1.69. The van der Waals surface area contributed by atoms with Crippen LogP contribution in [0.3, 0.4) is 0 Å². The van der Waals surface area contributed by atoms with Gasteiger partial charge < -0.3 is 10.2 Å². The molecule has 0 spiro atoms. The SMILES string of the molecule is CC(NC1CCN2CCCC2C1)c1c(Cl)ccc(F)c1Cl. The minimum Gasteiger partial charge on any atom is -0.307 e. The summed E-state index contributed by atoms with van der Waals surface area (Å²) >= 11 is 12.3. The Morgan fingerprint density at radius 3 is 2.90 bits per heavy atom. The van der Waals surface area contributed by atoms with E-state index in [-0.39, 0.29) is 11.1 Å². The number of rotatable bonds is 3. The van der Waals surface area contributed by atoms with Crippen molar-refractivity contribution >= 4 is 23.2 Å². The smallest absolute Gasteiger partial charge is 0.142 e. The highest BCUT2D eigenvalue weighted by Crippen LogP contribution is 2.34. The van der Waals surface area contributed by atoms with Crippen LogP contribution in [0.4, 0.5) is 4.39 Å². The van der Waals surface area contributed by atoms with Crippen LogP contribution in [0.2, 0.25) is 10.0 Å². The zero-order valence-electron chi connectivity index (χ0n) is 12.2. The summed E-state index contributed by atoms with van der Waals surface area (Å²) in [4.78, 5) is 2.59. The molecule has 0 bridgehead atoms. The van der Waals surface area contributed by atoms with Gasteiger partial charge in [0.1, 0.15) is 5.82 Å². The third kappa shape index (κ3) is 3.21. The molecule has 3 unspecified atom stereocenters. The molecule has 2 saturated heterocycles. The fraction of sp³-hybridized carbons (Fsp3) is 0.625. The summed E-state index contributed by atoms with van der Waals surface area (Å²) in [5.74, 6) is -0.407. The maximum Gasteiger partial charge on any atom is 0.142 e. The zero-order valence-corrected chi connectivity index (χ0v) is 13.7. The number of hydrogen-bond donors (Lipinski definition) is 1. The summed E-state index contributed by atoms with van der Waals surface area (Å²) in [6.07, 6.45) is 4.91. The molecule has 2 nitrogen and oxygen atoms in total. The highest BCUT2D eigenvalue weighted by Gasteiger charge is 2.32. The summed E-state index contributed by atoms with van der Waals surface area (Å²) in [7, 11) is 0. The first-order valence-electron chi connectivity index (χ1n) is 7.69. The fourth-order valence-corrected chi connectivity index (χ4v) is 4.45. The van der Waals surface area contributed by atoms with E-state index in [1.165, 1.54) is 25.5 Å². The molecule has 1 N–H and O–H groups in total. The molecule has 0 aliphatic carbocycles. The van der Waals surface area contributed by atoms with Gasteiger partial charge >= 0.3 is 0 Å². The van der Waals surface area contributed by atoms with Crippen LogP contribution in [-0.2, 0) is 0 Å². The molecule has 5 heteroatoms.